The van der Waals surface area contributed by atoms with Crippen LogP contribution in [-0.4, -0.2) is 37.0 Å². The maximum absolute atomic E-state index is 6.62. The molecule has 2 aliphatic rings. The molecule has 26 heavy (non-hydrogen) atoms. The highest BCUT2D eigenvalue weighted by molar-refractivity contribution is 8.00. The van der Waals surface area contributed by atoms with E-state index < -0.39 is 0 Å². The van der Waals surface area contributed by atoms with Crippen molar-refractivity contribution < 1.29 is 14.2 Å². The van der Waals surface area contributed by atoms with Gasteiger partial charge in [0.25, 0.3) is 0 Å². The molecule has 6 N–H and O–H groups in total. The van der Waals surface area contributed by atoms with Gasteiger partial charge in [-0.1, -0.05) is 23.5 Å². The van der Waals surface area contributed by atoms with Crippen molar-refractivity contribution in [1.82, 2.24) is 26.3 Å². The molecule has 0 bridgehead atoms. The molecule has 2 saturated heterocycles. The van der Waals surface area contributed by atoms with Gasteiger partial charge in [0, 0.05) is 25.2 Å². The summed E-state index contributed by atoms with van der Waals surface area (Å²) in [7, 11) is 4.99. The van der Waals surface area contributed by atoms with E-state index in [1.807, 2.05) is 18.2 Å². The fraction of sp³-hybridized carbons (Fsp3) is 0.467. The molecule has 0 spiro atoms. The summed E-state index contributed by atoms with van der Waals surface area (Å²) in [5, 5.41) is 0.988. The van der Waals surface area contributed by atoms with Crippen LogP contribution in [0.1, 0.15) is 16.4 Å². The van der Waals surface area contributed by atoms with Crippen LogP contribution in [0.4, 0.5) is 5.82 Å². The molecule has 9 nitrogen and oxygen atoms in total. The van der Waals surface area contributed by atoms with Crippen LogP contribution in [0.15, 0.2) is 18.2 Å². The maximum Gasteiger partial charge on any atom is 0.171 e. The van der Waals surface area contributed by atoms with Gasteiger partial charge >= 0.3 is 0 Å². The second-order valence-electron chi connectivity index (χ2n) is 5.77. The molecule has 4 unspecified atom stereocenters. The molecule has 2 aromatic rings. The lowest BCUT2D eigenvalue weighted by molar-refractivity contribution is 0.140. The largest absolute Gasteiger partial charge is 0.497 e. The number of nitrogens with one attached hydrogen (secondary N) is 4. The van der Waals surface area contributed by atoms with E-state index in [-0.39, 0.29) is 22.0 Å². The third-order valence-corrected chi connectivity index (χ3v) is 6.71. The number of aromatic nitrogens is 1. The number of benzene rings is 1. The molecule has 0 aliphatic carbocycles. The van der Waals surface area contributed by atoms with E-state index in [4.69, 9.17) is 19.9 Å². The molecule has 4 atom stereocenters. The molecule has 4 rings (SSSR count). The summed E-state index contributed by atoms with van der Waals surface area (Å²) >= 11 is 3.22. The number of nitrogens with zero attached hydrogens (tertiary/aromatic N) is 1. The van der Waals surface area contributed by atoms with Gasteiger partial charge < -0.3 is 24.5 Å². The lowest BCUT2D eigenvalue weighted by Gasteiger charge is -2.16. The third-order valence-electron chi connectivity index (χ3n) is 4.38. The zero-order valence-electron chi connectivity index (χ0n) is 14.6. The topological polar surface area (TPSA) is 107 Å². The molecule has 142 valence electrons. The zero-order valence-corrected chi connectivity index (χ0v) is 16.2. The first-order chi connectivity index (χ1) is 12.7. The van der Waals surface area contributed by atoms with Crippen LogP contribution >= 0.6 is 23.5 Å². The van der Waals surface area contributed by atoms with Crippen LogP contribution in [0.5, 0.6) is 5.75 Å². The smallest absolute Gasteiger partial charge is 0.171 e. The first-order valence-electron chi connectivity index (χ1n) is 8.02. The van der Waals surface area contributed by atoms with Crippen molar-refractivity contribution in [3.63, 3.8) is 0 Å². The molecule has 1 aromatic heterocycles. The fourth-order valence-corrected chi connectivity index (χ4v) is 5.13. The Bertz CT molecular complexity index is 803. The molecular formula is C15H22N6O3S2. The van der Waals surface area contributed by atoms with Crippen molar-refractivity contribution in [2.24, 2.45) is 0 Å². The van der Waals surface area contributed by atoms with E-state index in [0.29, 0.717) is 5.82 Å². The quantitative estimate of drug-likeness (QED) is 0.505. The van der Waals surface area contributed by atoms with Crippen molar-refractivity contribution in [2.45, 2.75) is 22.0 Å². The maximum atomic E-state index is 6.62. The van der Waals surface area contributed by atoms with Gasteiger partial charge in [0.2, 0.25) is 0 Å². The summed E-state index contributed by atoms with van der Waals surface area (Å²) in [6.45, 7) is 0. The highest BCUT2D eigenvalue weighted by Gasteiger charge is 2.34. The second kappa shape index (κ2) is 7.44. The van der Waals surface area contributed by atoms with Gasteiger partial charge in [-0.05, 0) is 18.2 Å². The van der Waals surface area contributed by atoms with E-state index in [1.54, 1.807) is 44.9 Å². The normalized spacial score (nSPS) is 28.9. The van der Waals surface area contributed by atoms with Crippen molar-refractivity contribution in [1.29, 1.82) is 0 Å². The van der Waals surface area contributed by atoms with Gasteiger partial charge in [-0.3, -0.25) is 0 Å². The highest BCUT2D eigenvalue weighted by atomic mass is 32.2. The van der Waals surface area contributed by atoms with Crippen molar-refractivity contribution in [3.05, 3.63) is 23.8 Å². The predicted molar refractivity (Wildman–Crippen MR) is 104 cm³/mol. The second-order valence-corrected chi connectivity index (χ2v) is 8.09. The van der Waals surface area contributed by atoms with Crippen molar-refractivity contribution >= 4 is 40.2 Å². The number of nitrogens with two attached hydrogens (primary N) is 1. The Labute approximate surface area is 159 Å². The summed E-state index contributed by atoms with van der Waals surface area (Å²) in [4.78, 5) is 0. The molecule has 11 heteroatoms. The standard InChI is InChI=1S/C15H22N6O3S2/c1-22-7-4-5-9-8(6-7)10(12-17-19-14(23-2)25-12)11(16)21(9)13-18-20-15(24-3)26-13/h4-6,12-15,17-20H,16H2,1-3H3. The van der Waals surface area contributed by atoms with Crippen LogP contribution in [-0.2, 0) is 9.47 Å². The Kier molecular flexibility index (Phi) is 5.21. The van der Waals surface area contributed by atoms with Crippen LogP contribution in [0.3, 0.4) is 0 Å². The minimum absolute atomic E-state index is 0.0478. The number of anilines is 1. The Hall–Kier alpha value is -1.18. The molecule has 1 aromatic carbocycles. The number of thioether (sulfide) groups is 2. The summed E-state index contributed by atoms with van der Waals surface area (Å²) in [5.74, 6) is 1.47. The summed E-state index contributed by atoms with van der Waals surface area (Å²) in [6.07, 6.45) is 0. The number of ether oxygens (including phenoxy) is 3. The molecule has 0 amide bonds. The number of nitrogen functional groups attached to an aromatic ring is 1. The average Bonchev–Trinajstić information content (AvgIpc) is 3.37. The zero-order chi connectivity index (χ0) is 18.3. The number of hydrazine groups is 2. The third kappa shape index (κ3) is 3.04. The molecule has 0 radical (unpaired) electrons. The summed E-state index contributed by atoms with van der Waals surface area (Å²) in [5.41, 5.74) is 21.0. The minimum Gasteiger partial charge on any atom is -0.497 e. The van der Waals surface area contributed by atoms with Crippen LogP contribution in [0, 0.1) is 0 Å². The van der Waals surface area contributed by atoms with Crippen molar-refractivity contribution in [2.75, 3.05) is 27.1 Å². The molecule has 3 heterocycles. The van der Waals surface area contributed by atoms with Crippen molar-refractivity contribution in [3.8, 4) is 5.75 Å². The lowest BCUT2D eigenvalue weighted by atomic mass is 10.1. The number of hydrogen-bond donors (Lipinski definition) is 5. The number of methoxy groups -OCH3 is 3. The first-order valence-corrected chi connectivity index (χ1v) is 9.90. The Morgan fingerprint density at radius 3 is 2.38 bits per heavy atom. The van der Waals surface area contributed by atoms with Gasteiger partial charge in [-0.15, -0.1) is 0 Å². The van der Waals surface area contributed by atoms with Crippen LogP contribution in [0.25, 0.3) is 10.9 Å². The Balaban J connectivity index is 1.81. The van der Waals surface area contributed by atoms with Crippen LogP contribution < -0.4 is 32.2 Å². The molecule has 0 saturated carbocycles. The van der Waals surface area contributed by atoms with E-state index >= 15 is 0 Å². The first kappa shape index (κ1) is 18.2. The van der Waals surface area contributed by atoms with Crippen LogP contribution in [0.2, 0.25) is 0 Å². The number of fused-ring (bicyclic) bond motifs is 1. The summed E-state index contributed by atoms with van der Waals surface area (Å²) < 4.78 is 18.2. The molecule has 2 aliphatic heterocycles. The molecular weight excluding hydrogens is 376 g/mol. The van der Waals surface area contributed by atoms with Gasteiger partial charge in [0.1, 0.15) is 17.1 Å². The number of hydrogen-bond acceptors (Lipinski definition) is 10. The van der Waals surface area contributed by atoms with E-state index in [9.17, 15) is 0 Å². The number of rotatable bonds is 5. The van der Waals surface area contributed by atoms with E-state index in [0.717, 1.165) is 22.2 Å². The highest BCUT2D eigenvalue weighted by Crippen LogP contribution is 2.45. The fourth-order valence-electron chi connectivity index (χ4n) is 3.15. The van der Waals surface area contributed by atoms with Gasteiger partial charge in [0.15, 0.2) is 11.1 Å². The van der Waals surface area contributed by atoms with Gasteiger partial charge in [0.05, 0.1) is 18.0 Å². The Morgan fingerprint density at radius 2 is 1.73 bits per heavy atom. The monoisotopic (exact) mass is 398 g/mol. The van der Waals surface area contributed by atoms with Gasteiger partial charge in [-0.2, -0.15) is 0 Å². The molecule has 2 fully saturated rings. The van der Waals surface area contributed by atoms with E-state index in [1.165, 1.54) is 0 Å². The Morgan fingerprint density at radius 1 is 1.00 bits per heavy atom. The predicted octanol–water partition coefficient (Wildman–Crippen LogP) is 1.23. The van der Waals surface area contributed by atoms with E-state index in [2.05, 4.69) is 26.3 Å². The lowest BCUT2D eigenvalue weighted by Crippen LogP contribution is -2.33. The average molecular weight is 399 g/mol. The SMILES string of the molecule is COc1ccc2c(c1)c(C1NNC(OC)S1)c(N)n2C1NNC(OC)S1. The minimum atomic E-state index is -0.142. The van der Waals surface area contributed by atoms with Gasteiger partial charge in [-0.25, -0.2) is 21.7 Å². The summed E-state index contributed by atoms with van der Waals surface area (Å²) in [6, 6.07) is 5.98.